The zero-order valence-electron chi connectivity index (χ0n) is 9.76. The van der Waals surface area contributed by atoms with Crippen LogP contribution in [0.25, 0.3) is 0 Å². The first-order chi connectivity index (χ1) is 8.20. The van der Waals surface area contributed by atoms with E-state index in [0.29, 0.717) is 23.9 Å². The molecule has 0 N–H and O–H groups in total. The molecule has 0 unspecified atom stereocenters. The van der Waals surface area contributed by atoms with Crippen LogP contribution in [0.4, 0.5) is 0 Å². The molecule has 1 aromatic carbocycles. The molecule has 0 radical (unpaired) electrons. The molecule has 1 atom stereocenters. The lowest BCUT2D eigenvalue weighted by Gasteiger charge is -2.27. The van der Waals surface area contributed by atoms with Crippen molar-refractivity contribution in [2.24, 2.45) is 0 Å². The second kappa shape index (κ2) is 4.95. The average Bonchev–Trinajstić information content (AvgIpc) is 2.35. The van der Waals surface area contributed by atoms with Gasteiger partial charge in [-0.2, -0.15) is 0 Å². The van der Waals surface area contributed by atoms with Crippen LogP contribution in [0.2, 0.25) is 0 Å². The van der Waals surface area contributed by atoms with Crippen LogP contribution in [0.1, 0.15) is 6.92 Å². The van der Waals surface area contributed by atoms with E-state index in [0.717, 1.165) is 0 Å². The summed E-state index contributed by atoms with van der Waals surface area (Å²) in [6, 6.07) is 5.42. The molecule has 5 nitrogen and oxygen atoms in total. The molecule has 0 spiro atoms. The molecule has 1 aromatic rings. The van der Waals surface area contributed by atoms with Gasteiger partial charge in [0.05, 0.1) is 7.11 Å². The number of rotatable bonds is 3. The fourth-order valence-corrected chi connectivity index (χ4v) is 1.56. The van der Waals surface area contributed by atoms with Gasteiger partial charge >= 0.3 is 5.97 Å². The zero-order valence-corrected chi connectivity index (χ0v) is 9.76. The predicted molar refractivity (Wildman–Crippen MR) is 59.5 cm³/mol. The molecule has 2 rings (SSSR count). The Hall–Kier alpha value is -1.91. The number of carbonyl (C=O) groups is 1. The molecule has 1 heterocycles. The molecule has 0 aromatic heterocycles. The molecule has 0 saturated heterocycles. The maximum Gasteiger partial charge on any atom is 0.302 e. The van der Waals surface area contributed by atoms with Crippen molar-refractivity contribution in [3.63, 3.8) is 0 Å². The van der Waals surface area contributed by atoms with Crippen LogP contribution in [0.15, 0.2) is 18.2 Å². The minimum Gasteiger partial charge on any atom is -0.493 e. The van der Waals surface area contributed by atoms with E-state index in [1.54, 1.807) is 19.2 Å². The highest BCUT2D eigenvalue weighted by Gasteiger charge is 2.24. The molecule has 0 fully saturated rings. The molecular weight excluding hydrogens is 224 g/mol. The SMILES string of the molecule is COc1cccc2c1O[C@H](COC(C)=O)CO2. The van der Waals surface area contributed by atoms with Crippen LogP contribution in [0.3, 0.4) is 0 Å². The predicted octanol–water partition coefficient (Wildman–Crippen LogP) is 1.40. The van der Waals surface area contributed by atoms with Gasteiger partial charge in [0.15, 0.2) is 17.6 Å². The number of hydrogen-bond donors (Lipinski definition) is 0. The van der Waals surface area contributed by atoms with Crippen molar-refractivity contribution in [2.75, 3.05) is 20.3 Å². The molecule has 0 bridgehead atoms. The molecule has 0 saturated carbocycles. The summed E-state index contributed by atoms with van der Waals surface area (Å²) in [7, 11) is 1.56. The third kappa shape index (κ3) is 2.61. The van der Waals surface area contributed by atoms with Gasteiger partial charge in [-0.3, -0.25) is 4.79 Å². The summed E-state index contributed by atoms with van der Waals surface area (Å²) in [4.78, 5) is 10.7. The van der Waals surface area contributed by atoms with Crippen molar-refractivity contribution in [1.29, 1.82) is 0 Å². The Balaban J connectivity index is 2.09. The van der Waals surface area contributed by atoms with Crippen molar-refractivity contribution >= 4 is 5.97 Å². The molecule has 1 aliphatic heterocycles. The van der Waals surface area contributed by atoms with Crippen molar-refractivity contribution < 1.29 is 23.7 Å². The van der Waals surface area contributed by atoms with Crippen LogP contribution >= 0.6 is 0 Å². The van der Waals surface area contributed by atoms with E-state index in [-0.39, 0.29) is 18.7 Å². The second-order valence-corrected chi connectivity index (χ2v) is 3.64. The van der Waals surface area contributed by atoms with Crippen LogP contribution in [-0.4, -0.2) is 32.4 Å². The summed E-state index contributed by atoms with van der Waals surface area (Å²) < 4.78 is 21.3. The van der Waals surface area contributed by atoms with Gasteiger partial charge in [-0.1, -0.05) is 6.07 Å². The van der Waals surface area contributed by atoms with Gasteiger partial charge in [-0.05, 0) is 12.1 Å². The maximum absolute atomic E-state index is 10.7. The Morgan fingerprint density at radius 3 is 3.06 bits per heavy atom. The highest BCUT2D eigenvalue weighted by Crippen LogP contribution is 2.39. The zero-order chi connectivity index (χ0) is 12.3. The monoisotopic (exact) mass is 238 g/mol. The number of carbonyl (C=O) groups excluding carboxylic acids is 1. The number of benzene rings is 1. The number of hydrogen-bond acceptors (Lipinski definition) is 5. The smallest absolute Gasteiger partial charge is 0.302 e. The summed E-state index contributed by atoms with van der Waals surface area (Å²) in [5.41, 5.74) is 0. The molecule has 17 heavy (non-hydrogen) atoms. The molecule has 0 aliphatic carbocycles. The van der Waals surface area contributed by atoms with E-state index < -0.39 is 0 Å². The number of ether oxygens (including phenoxy) is 4. The lowest BCUT2D eigenvalue weighted by Crippen LogP contribution is -2.34. The summed E-state index contributed by atoms with van der Waals surface area (Å²) in [5, 5.41) is 0. The third-order valence-corrected chi connectivity index (χ3v) is 2.34. The van der Waals surface area contributed by atoms with E-state index >= 15 is 0 Å². The Bertz CT molecular complexity index is 401. The van der Waals surface area contributed by atoms with Crippen LogP contribution in [0, 0.1) is 0 Å². The van der Waals surface area contributed by atoms with E-state index in [9.17, 15) is 4.79 Å². The lowest BCUT2D eigenvalue weighted by molar-refractivity contribution is -0.144. The normalized spacial score (nSPS) is 17.4. The number of para-hydroxylation sites is 1. The molecule has 5 heteroatoms. The Labute approximate surface area is 99.2 Å². The minimum atomic E-state index is -0.334. The summed E-state index contributed by atoms with van der Waals surface area (Å²) in [6.45, 7) is 1.89. The topological polar surface area (TPSA) is 54.0 Å². The fourth-order valence-electron chi connectivity index (χ4n) is 1.56. The Kier molecular flexibility index (Phi) is 3.37. The molecule has 92 valence electrons. The van der Waals surface area contributed by atoms with Crippen molar-refractivity contribution in [3.05, 3.63) is 18.2 Å². The first kappa shape index (κ1) is 11.6. The summed E-state index contributed by atoms with van der Waals surface area (Å²) in [6.07, 6.45) is -0.303. The molecule has 0 amide bonds. The minimum absolute atomic E-state index is 0.173. The van der Waals surface area contributed by atoms with Gasteiger partial charge < -0.3 is 18.9 Å². The maximum atomic E-state index is 10.7. The molecule has 1 aliphatic rings. The second-order valence-electron chi connectivity index (χ2n) is 3.64. The van der Waals surface area contributed by atoms with E-state index in [2.05, 4.69) is 0 Å². The standard InChI is InChI=1S/C12H14O5/c1-8(13)15-6-9-7-16-11-5-3-4-10(14-2)12(11)17-9/h3-5,9H,6-7H2,1-2H3/t9-/m1/s1. The van der Waals surface area contributed by atoms with Crippen LogP contribution in [0.5, 0.6) is 17.2 Å². The average molecular weight is 238 g/mol. The largest absolute Gasteiger partial charge is 0.493 e. The van der Waals surface area contributed by atoms with Gasteiger partial charge in [-0.25, -0.2) is 0 Å². The van der Waals surface area contributed by atoms with Gasteiger partial charge in [0.2, 0.25) is 5.75 Å². The quantitative estimate of drug-likeness (QED) is 0.745. The Morgan fingerprint density at radius 1 is 1.53 bits per heavy atom. The number of fused-ring (bicyclic) bond motifs is 1. The van der Waals surface area contributed by atoms with Crippen LogP contribution in [-0.2, 0) is 9.53 Å². The van der Waals surface area contributed by atoms with Gasteiger partial charge in [0.25, 0.3) is 0 Å². The van der Waals surface area contributed by atoms with Crippen molar-refractivity contribution in [1.82, 2.24) is 0 Å². The first-order valence-electron chi connectivity index (χ1n) is 5.30. The number of esters is 1. The highest BCUT2D eigenvalue weighted by molar-refractivity contribution is 5.65. The van der Waals surface area contributed by atoms with E-state index in [4.69, 9.17) is 18.9 Å². The highest BCUT2D eigenvalue weighted by atomic mass is 16.6. The first-order valence-corrected chi connectivity index (χ1v) is 5.30. The van der Waals surface area contributed by atoms with Gasteiger partial charge in [0, 0.05) is 6.92 Å². The Morgan fingerprint density at radius 2 is 2.35 bits per heavy atom. The van der Waals surface area contributed by atoms with Crippen LogP contribution < -0.4 is 14.2 Å². The fraction of sp³-hybridized carbons (Fsp3) is 0.417. The van der Waals surface area contributed by atoms with E-state index in [1.807, 2.05) is 6.07 Å². The van der Waals surface area contributed by atoms with Gasteiger partial charge in [0.1, 0.15) is 13.2 Å². The summed E-state index contributed by atoms with van der Waals surface area (Å²) in [5.74, 6) is 1.47. The van der Waals surface area contributed by atoms with Crippen molar-refractivity contribution in [3.8, 4) is 17.2 Å². The number of methoxy groups -OCH3 is 1. The summed E-state index contributed by atoms with van der Waals surface area (Å²) >= 11 is 0. The molecular formula is C12H14O5. The third-order valence-electron chi connectivity index (χ3n) is 2.34. The van der Waals surface area contributed by atoms with E-state index in [1.165, 1.54) is 6.92 Å². The van der Waals surface area contributed by atoms with Crippen molar-refractivity contribution in [2.45, 2.75) is 13.0 Å². The van der Waals surface area contributed by atoms with Gasteiger partial charge in [-0.15, -0.1) is 0 Å². The lowest BCUT2D eigenvalue weighted by atomic mass is 10.2.